The number of hydrogen-bond acceptors (Lipinski definition) is 3. The van der Waals surface area contributed by atoms with E-state index in [1.807, 2.05) is 0 Å². The predicted octanol–water partition coefficient (Wildman–Crippen LogP) is 1.14. The van der Waals surface area contributed by atoms with Crippen molar-refractivity contribution in [1.82, 2.24) is 0 Å². The Bertz CT molecular complexity index is 387. The molecular formula is C9H13FO4S. The molecule has 0 bridgehead atoms. The molecule has 0 saturated carbocycles. The van der Waals surface area contributed by atoms with Crippen molar-refractivity contribution in [2.24, 2.45) is 5.41 Å². The van der Waals surface area contributed by atoms with Crippen LogP contribution in [0.1, 0.15) is 19.3 Å². The third-order valence-electron chi connectivity index (χ3n) is 2.67. The zero-order valence-corrected chi connectivity index (χ0v) is 9.02. The van der Waals surface area contributed by atoms with Crippen LogP contribution in [0.5, 0.6) is 0 Å². The largest absolute Gasteiger partial charge is 0.481 e. The summed E-state index contributed by atoms with van der Waals surface area (Å²) in [6, 6.07) is 0. The van der Waals surface area contributed by atoms with Crippen molar-refractivity contribution >= 4 is 15.8 Å². The van der Waals surface area contributed by atoms with Crippen molar-refractivity contribution in [3.05, 3.63) is 12.4 Å². The van der Waals surface area contributed by atoms with E-state index in [0.29, 0.717) is 6.42 Å². The summed E-state index contributed by atoms with van der Waals surface area (Å²) in [4.78, 5) is 10.6. The van der Waals surface area contributed by atoms with Gasteiger partial charge in [0.25, 0.3) is 0 Å². The van der Waals surface area contributed by atoms with Crippen LogP contribution in [0.4, 0.5) is 4.39 Å². The quantitative estimate of drug-likeness (QED) is 0.797. The molecule has 0 aliphatic carbocycles. The van der Waals surface area contributed by atoms with Crippen LogP contribution >= 0.6 is 0 Å². The van der Waals surface area contributed by atoms with Gasteiger partial charge in [-0.25, -0.2) is 12.8 Å². The lowest BCUT2D eigenvalue weighted by Gasteiger charge is -2.33. The molecule has 86 valence electrons. The summed E-state index contributed by atoms with van der Waals surface area (Å²) in [5.74, 6) is -2.48. The van der Waals surface area contributed by atoms with E-state index in [1.54, 1.807) is 0 Å². The Kier molecular flexibility index (Phi) is 3.18. The molecule has 1 unspecified atom stereocenters. The number of halogens is 1. The fraction of sp³-hybridized carbons (Fsp3) is 0.667. The molecule has 4 nitrogen and oxygen atoms in total. The summed E-state index contributed by atoms with van der Waals surface area (Å²) in [5.41, 5.74) is -1.41. The Hall–Kier alpha value is -0.910. The second-order valence-corrected chi connectivity index (χ2v) is 6.14. The Morgan fingerprint density at radius 1 is 1.53 bits per heavy atom. The molecule has 1 atom stereocenters. The molecule has 1 saturated heterocycles. The molecule has 1 fully saturated rings. The molecule has 15 heavy (non-hydrogen) atoms. The molecule has 0 aromatic carbocycles. The van der Waals surface area contributed by atoms with E-state index in [0.717, 1.165) is 0 Å². The van der Waals surface area contributed by atoms with Gasteiger partial charge in [0.05, 0.1) is 17.9 Å². The normalized spacial score (nSPS) is 29.7. The minimum absolute atomic E-state index is 0.00164. The number of carboxylic acid groups (broad SMARTS) is 1. The fourth-order valence-corrected chi connectivity index (χ4v) is 3.91. The minimum Gasteiger partial charge on any atom is -0.481 e. The molecule has 1 aliphatic heterocycles. The van der Waals surface area contributed by atoms with Gasteiger partial charge in [-0.15, -0.1) is 0 Å². The maximum Gasteiger partial charge on any atom is 0.304 e. The van der Waals surface area contributed by atoms with Crippen LogP contribution in [0.15, 0.2) is 12.4 Å². The number of aliphatic carboxylic acids is 1. The first-order chi connectivity index (χ1) is 6.77. The summed E-state index contributed by atoms with van der Waals surface area (Å²) in [5, 5.41) is 8.65. The van der Waals surface area contributed by atoms with E-state index >= 15 is 0 Å². The Morgan fingerprint density at radius 3 is 2.53 bits per heavy atom. The van der Waals surface area contributed by atoms with Crippen LogP contribution in [-0.4, -0.2) is 31.0 Å². The van der Waals surface area contributed by atoms with Crippen LogP contribution in [0, 0.1) is 5.41 Å². The van der Waals surface area contributed by atoms with Crippen molar-refractivity contribution in [3.8, 4) is 0 Å². The van der Waals surface area contributed by atoms with E-state index in [1.165, 1.54) is 0 Å². The maximum absolute atomic E-state index is 13.2. The topological polar surface area (TPSA) is 71.4 Å². The SMILES string of the molecule is C=C(F)C1(CC(=O)O)CCCS(=O)(=O)C1. The number of allylic oxidation sites excluding steroid dienone is 1. The van der Waals surface area contributed by atoms with Crippen molar-refractivity contribution in [1.29, 1.82) is 0 Å². The number of rotatable bonds is 3. The van der Waals surface area contributed by atoms with Gasteiger partial charge < -0.3 is 5.11 Å². The molecule has 1 aliphatic rings. The molecule has 0 aromatic heterocycles. The molecule has 0 amide bonds. The first-order valence-electron chi connectivity index (χ1n) is 4.55. The van der Waals surface area contributed by atoms with Gasteiger partial charge in [0.1, 0.15) is 5.83 Å². The Labute approximate surface area is 87.7 Å². The predicted molar refractivity (Wildman–Crippen MR) is 52.8 cm³/mol. The molecule has 6 heteroatoms. The second-order valence-electron chi connectivity index (χ2n) is 3.95. The van der Waals surface area contributed by atoms with Gasteiger partial charge in [-0.2, -0.15) is 0 Å². The Morgan fingerprint density at radius 2 is 2.13 bits per heavy atom. The van der Waals surface area contributed by atoms with E-state index in [2.05, 4.69) is 6.58 Å². The van der Waals surface area contributed by atoms with Crippen LogP contribution < -0.4 is 0 Å². The number of hydrogen-bond donors (Lipinski definition) is 1. The lowest BCUT2D eigenvalue weighted by molar-refractivity contribution is -0.139. The molecule has 0 radical (unpaired) electrons. The van der Waals surface area contributed by atoms with Crippen LogP contribution in [0.3, 0.4) is 0 Å². The van der Waals surface area contributed by atoms with Crippen LogP contribution in [0.2, 0.25) is 0 Å². The zero-order chi connectivity index (χ0) is 11.7. The third kappa shape index (κ3) is 2.77. The molecular weight excluding hydrogens is 223 g/mol. The third-order valence-corrected chi connectivity index (χ3v) is 4.58. The fourth-order valence-electron chi connectivity index (χ4n) is 1.93. The smallest absolute Gasteiger partial charge is 0.304 e. The lowest BCUT2D eigenvalue weighted by atomic mass is 9.81. The average Bonchev–Trinajstić information content (AvgIpc) is 1.99. The summed E-state index contributed by atoms with van der Waals surface area (Å²) < 4.78 is 35.9. The minimum atomic E-state index is -3.35. The zero-order valence-electron chi connectivity index (χ0n) is 8.20. The molecule has 1 heterocycles. The molecule has 0 aromatic rings. The van der Waals surface area contributed by atoms with Gasteiger partial charge >= 0.3 is 5.97 Å². The average molecular weight is 236 g/mol. The molecule has 1 N–H and O–H groups in total. The summed E-state index contributed by atoms with van der Waals surface area (Å²) >= 11 is 0. The highest BCUT2D eigenvalue weighted by Crippen LogP contribution is 2.41. The highest BCUT2D eigenvalue weighted by atomic mass is 32.2. The second kappa shape index (κ2) is 3.92. The summed E-state index contributed by atoms with van der Waals surface area (Å²) in [6.07, 6.45) is 0.00792. The standard InChI is InChI=1S/C9H13FO4S/c1-7(10)9(5-8(11)12)3-2-4-15(13,14)6-9/h1-6H2,(H,11,12). The highest BCUT2D eigenvalue weighted by molar-refractivity contribution is 7.91. The first-order valence-corrected chi connectivity index (χ1v) is 6.37. The van der Waals surface area contributed by atoms with Crippen LogP contribution in [0.25, 0.3) is 0 Å². The van der Waals surface area contributed by atoms with Gasteiger partial charge in [0, 0.05) is 5.41 Å². The highest BCUT2D eigenvalue weighted by Gasteiger charge is 2.43. The molecule has 0 spiro atoms. The Balaban J connectivity index is 3.01. The monoisotopic (exact) mass is 236 g/mol. The van der Waals surface area contributed by atoms with Gasteiger partial charge in [0.2, 0.25) is 0 Å². The van der Waals surface area contributed by atoms with E-state index in [4.69, 9.17) is 5.11 Å². The summed E-state index contributed by atoms with van der Waals surface area (Å²) in [6.45, 7) is 3.08. The number of sulfone groups is 1. The van der Waals surface area contributed by atoms with Crippen molar-refractivity contribution in [2.75, 3.05) is 11.5 Å². The first kappa shape index (κ1) is 12.2. The van der Waals surface area contributed by atoms with Gasteiger partial charge in [-0.1, -0.05) is 6.58 Å². The van der Waals surface area contributed by atoms with Gasteiger partial charge in [0.15, 0.2) is 9.84 Å². The van der Waals surface area contributed by atoms with Gasteiger partial charge in [-0.3, -0.25) is 4.79 Å². The van der Waals surface area contributed by atoms with Crippen molar-refractivity contribution in [3.63, 3.8) is 0 Å². The van der Waals surface area contributed by atoms with E-state index < -0.39 is 39.2 Å². The number of carbonyl (C=O) groups is 1. The van der Waals surface area contributed by atoms with Gasteiger partial charge in [-0.05, 0) is 12.8 Å². The molecule has 1 rings (SSSR count). The van der Waals surface area contributed by atoms with Crippen molar-refractivity contribution in [2.45, 2.75) is 19.3 Å². The lowest BCUT2D eigenvalue weighted by Crippen LogP contribution is -2.38. The maximum atomic E-state index is 13.2. The van der Waals surface area contributed by atoms with Crippen LogP contribution in [-0.2, 0) is 14.6 Å². The summed E-state index contributed by atoms with van der Waals surface area (Å²) in [7, 11) is -3.35. The van der Waals surface area contributed by atoms with E-state index in [9.17, 15) is 17.6 Å². The van der Waals surface area contributed by atoms with Crippen molar-refractivity contribution < 1.29 is 22.7 Å². The number of carboxylic acids is 1. The van der Waals surface area contributed by atoms with E-state index in [-0.39, 0.29) is 12.2 Å².